The van der Waals surface area contributed by atoms with E-state index in [-0.39, 0.29) is 12.3 Å². The summed E-state index contributed by atoms with van der Waals surface area (Å²) in [6.45, 7) is 1.43. The van der Waals surface area contributed by atoms with Crippen molar-refractivity contribution in [1.29, 1.82) is 0 Å². The quantitative estimate of drug-likeness (QED) is 0.823. The van der Waals surface area contributed by atoms with Gasteiger partial charge >= 0.3 is 6.61 Å². The molecule has 2 rings (SSSR count). The van der Waals surface area contributed by atoms with Crippen molar-refractivity contribution in [3.8, 4) is 5.75 Å². The van der Waals surface area contributed by atoms with Crippen LogP contribution in [0.1, 0.15) is 28.6 Å². The minimum atomic E-state index is -2.87. The molecular weight excluding hydrogens is 292 g/mol. The van der Waals surface area contributed by atoms with Gasteiger partial charge in [-0.2, -0.15) is 8.78 Å². The standard InChI is InChI=1S/C16H19F2NO3/c1-10-6-12(15(7-11(10)2)22-16(17)18)8-19-9-13(20)14-4-3-5-21-14/h3-7,13,16,19-20H,8-9H2,1-2H3. The zero-order chi connectivity index (χ0) is 16.1. The summed E-state index contributed by atoms with van der Waals surface area (Å²) in [5.41, 5.74) is 2.50. The molecule has 6 heteroatoms. The second-order valence-electron chi connectivity index (χ2n) is 5.08. The third-order valence-electron chi connectivity index (χ3n) is 3.42. The molecule has 0 aliphatic heterocycles. The fourth-order valence-corrected chi connectivity index (χ4v) is 2.12. The summed E-state index contributed by atoms with van der Waals surface area (Å²) in [7, 11) is 0. The van der Waals surface area contributed by atoms with Gasteiger partial charge in [0, 0.05) is 18.7 Å². The topological polar surface area (TPSA) is 54.6 Å². The molecular formula is C16H19F2NO3. The van der Waals surface area contributed by atoms with Gasteiger partial charge in [0.1, 0.15) is 17.6 Å². The zero-order valence-electron chi connectivity index (χ0n) is 12.5. The van der Waals surface area contributed by atoms with Crippen LogP contribution in [0.15, 0.2) is 34.9 Å². The molecule has 2 aromatic rings. The molecule has 0 fully saturated rings. The highest BCUT2D eigenvalue weighted by atomic mass is 19.3. The van der Waals surface area contributed by atoms with E-state index in [1.807, 2.05) is 13.8 Å². The Balaban J connectivity index is 2.00. The monoisotopic (exact) mass is 311 g/mol. The van der Waals surface area contributed by atoms with Crippen molar-refractivity contribution in [2.75, 3.05) is 6.54 Å². The van der Waals surface area contributed by atoms with Gasteiger partial charge in [-0.3, -0.25) is 0 Å². The SMILES string of the molecule is Cc1cc(CNCC(O)c2ccco2)c(OC(F)F)cc1C. The fraction of sp³-hybridized carbons (Fsp3) is 0.375. The number of ether oxygens (including phenoxy) is 1. The van der Waals surface area contributed by atoms with Crippen LogP contribution in [0, 0.1) is 13.8 Å². The first kappa shape index (κ1) is 16.5. The Morgan fingerprint density at radius 1 is 1.27 bits per heavy atom. The van der Waals surface area contributed by atoms with Crippen molar-refractivity contribution >= 4 is 0 Å². The second-order valence-corrected chi connectivity index (χ2v) is 5.08. The molecule has 1 unspecified atom stereocenters. The summed E-state index contributed by atoms with van der Waals surface area (Å²) < 4.78 is 34.6. The van der Waals surface area contributed by atoms with Crippen molar-refractivity contribution in [1.82, 2.24) is 5.32 Å². The highest BCUT2D eigenvalue weighted by Gasteiger charge is 2.13. The summed E-state index contributed by atoms with van der Waals surface area (Å²) >= 11 is 0. The third kappa shape index (κ3) is 4.29. The summed E-state index contributed by atoms with van der Waals surface area (Å²) in [4.78, 5) is 0. The van der Waals surface area contributed by atoms with Crippen LogP contribution in [0.3, 0.4) is 0 Å². The summed E-state index contributed by atoms with van der Waals surface area (Å²) in [5, 5.41) is 12.9. The van der Waals surface area contributed by atoms with Crippen molar-refractivity contribution in [2.24, 2.45) is 0 Å². The largest absolute Gasteiger partial charge is 0.467 e. The molecule has 0 amide bonds. The number of rotatable bonds is 7. The zero-order valence-corrected chi connectivity index (χ0v) is 12.5. The number of aliphatic hydroxyl groups is 1. The highest BCUT2D eigenvalue weighted by Crippen LogP contribution is 2.25. The molecule has 0 saturated carbocycles. The second kappa shape index (κ2) is 7.38. The predicted molar refractivity (Wildman–Crippen MR) is 77.9 cm³/mol. The van der Waals surface area contributed by atoms with Gasteiger partial charge < -0.3 is 19.6 Å². The number of aryl methyl sites for hydroxylation is 2. The molecule has 2 N–H and O–H groups in total. The summed E-state index contributed by atoms with van der Waals surface area (Å²) in [6, 6.07) is 6.77. The smallest absolute Gasteiger partial charge is 0.387 e. The molecule has 4 nitrogen and oxygen atoms in total. The number of alkyl halides is 2. The number of benzene rings is 1. The first-order valence-corrected chi connectivity index (χ1v) is 6.94. The lowest BCUT2D eigenvalue weighted by atomic mass is 10.0. The minimum Gasteiger partial charge on any atom is -0.467 e. The van der Waals surface area contributed by atoms with Gasteiger partial charge in [-0.1, -0.05) is 6.07 Å². The van der Waals surface area contributed by atoms with E-state index in [1.54, 1.807) is 24.3 Å². The number of halogens is 2. The first-order valence-electron chi connectivity index (χ1n) is 6.94. The van der Waals surface area contributed by atoms with Crippen LogP contribution in [0.4, 0.5) is 8.78 Å². The minimum absolute atomic E-state index is 0.151. The molecule has 1 atom stereocenters. The van der Waals surface area contributed by atoms with Crippen LogP contribution in [0.5, 0.6) is 5.75 Å². The van der Waals surface area contributed by atoms with E-state index in [0.717, 1.165) is 11.1 Å². The average Bonchev–Trinajstić information content (AvgIpc) is 2.97. The molecule has 0 aliphatic rings. The van der Waals surface area contributed by atoms with Crippen LogP contribution in [0.2, 0.25) is 0 Å². The number of hydrogen-bond acceptors (Lipinski definition) is 4. The van der Waals surface area contributed by atoms with Crippen molar-refractivity contribution in [3.05, 3.63) is 53.0 Å². The number of hydrogen-bond donors (Lipinski definition) is 2. The maximum atomic E-state index is 12.5. The van der Waals surface area contributed by atoms with E-state index in [9.17, 15) is 13.9 Å². The van der Waals surface area contributed by atoms with Crippen LogP contribution in [0.25, 0.3) is 0 Å². The normalized spacial score (nSPS) is 12.6. The lowest BCUT2D eigenvalue weighted by molar-refractivity contribution is -0.0505. The van der Waals surface area contributed by atoms with Crippen LogP contribution in [-0.2, 0) is 6.54 Å². The Bertz CT molecular complexity index is 600. The van der Waals surface area contributed by atoms with Gasteiger partial charge in [0.25, 0.3) is 0 Å². The van der Waals surface area contributed by atoms with E-state index < -0.39 is 12.7 Å². The lowest BCUT2D eigenvalue weighted by Crippen LogP contribution is -2.21. The Morgan fingerprint density at radius 3 is 2.64 bits per heavy atom. The molecule has 1 aromatic heterocycles. The molecule has 0 radical (unpaired) electrons. The molecule has 0 bridgehead atoms. The number of nitrogens with one attached hydrogen (secondary N) is 1. The maximum absolute atomic E-state index is 12.5. The first-order chi connectivity index (χ1) is 10.5. The van der Waals surface area contributed by atoms with E-state index in [1.165, 1.54) is 6.26 Å². The van der Waals surface area contributed by atoms with Gasteiger partial charge in [-0.05, 0) is 43.2 Å². The van der Waals surface area contributed by atoms with Gasteiger partial charge in [-0.15, -0.1) is 0 Å². The number of aliphatic hydroxyl groups excluding tert-OH is 1. The fourth-order valence-electron chi connectivity index (χ4n) is 2.12. The van der Waals surface area contributed by atoms with E-state index in [2.05, 4.69) is 10.1 Å². The number of furan rings is 1. The van der Waals surface area contributed by atoms with E-state index in [4.69, 9.17) is 4.42 Å². The van der Waals surface area contributed by atoms with Crippen LogP contribution < -0.4 is 10.1 Å². The van der Waals surface area contributed by atoms with Crippen molar-refractivity contribution < 1.29 is 23.0 Å². The van der Waals surface area contributed by atoms with Gasteiger partial charge in [0.05, 0.1) is 6.26 Å². The molecule has 1 heterocycles. The molecule has 1 aromatic carbocycles. The molecule has 22 heavy (non-hydrogen) atoms. The molecule has 0 aliphatic carbocycles. The Labute approximate surface area is 127 Å². The molecule has 0 spiro atoms. The van der Waals surface area contributed by atoms with Crippen molar-refractivity contribution in [2.45, 2.75) is 33.1 Å². The van der Waals surface area contributed by atoms with Gasteiger partial charge in [0.2, 0.25) is 0 Å². The third-order valence-corrected chi connectivity index (χ3v) is 3.42. The summed E-state index contributed by atoms with van der Waals surface area (Å²) in [6.07, 6.45) is 0.692. The van der Waals surface area contributed by atoms with Crippen LogP contribution in [-0.4, -0.2) is 18.3 Å². The van der Waals surface area contributed by atoms with Gasteiger partial charge in [-0.25, -0.2) is 0 Å². The molecule has 0 saturated heterocycles. The Kier molecular flexibility index (Phi) is 5.51. The maximum Gasteiger partial charge on any atom is 0.387 e. The van der Waals surface area contributed by atoms with Gasteiger partial charge in [0.15, 0.2) is 0 Å². The average molecular weight is 311 g/mol. The Morgan fingerprint density at radius 2 is 2.00 bits per heavy atom. The molecule has 120 valence electrons. The predicted octanol–water partition coefficient (Wildman–Crippen LogP) is 3.32. The van der Waals surface area contributed by atoms with E-state index in [0.29, 0.717) is 17.9 Å². The van der Waals surface area contributed by atoms with Crippen molar-refractivity contribution in [3.63, 3.8) is 0 Å². The summed E-state index contributed by atoms with van der Waals surface area (Å²) in [5.74, 6) is 0.606. The van der Waals surface area contributed by atoms with Crippen LogP contribution >= 0.6 is 0 Å². The Hall–Kier alpha value is -1.92. The van der Waals surface area contributed by atoms with E-state index >= 15 is 0 Å². The highest BCUT2D eigenvalue weighted by molar-refractivity contribution is 5.41. The lowest BCUT2D eigenvalue weighted by Gasteiger charge is -2.15.